The molecule has 0 bridgehead atoms. The first kappa shape index (κ1) is 12.8. The van der Waals surface area contributed by atoms with Crippen LogP contribution in [0.4, 0.5) is 5.69 Å². The number of furan rings is 1. The van der Waals surface area contributed by atoms with Gasteiger partial charge in [-0.25, -0.2) is 4.98 Å². The molecule has 3 aromatic rings. The van der Waals surface area contributed by atoms with E-state index in [0.29, 0.717) is 11.7 Å². The monoisotopic (exact) mass is 288 g/mol. The highest BCUT2D eigenvalue weighted by molar-refractivity contribution is 6.30. The topological polar surface area (TPSA) is 47.3 Å². The van der Waals surface area contributed by atoms with E-state index in [2.05, 4.69) is 10.3 Å². The molecule has 0 aliphatic heterocycles. The van der Waals surface area contributed by atoms with Crippen LogP contribution in [0.1, 0.15) is 5.76 Å². The zero-order chi connectivity index (χ0) is 13.9. The summed E-state index contributed by atoms with van der Waals surface area (Å²) in [6.07, 6.45) is 1.65. The van der Waals surface area contributed by atoms with Gasteiger partial charge in [0.1, 0.15) is 16.7 Å². The molecular weight excluding hydrogens is 276 g/mol. The standard InChI is InChI=1S/C15H13ClN2O2/c1-19-10-4-5-13-12(7-10)14(8-15(16)18-13)17-9-11-3-2-6-20-11/h2-8H,9H2,1H3,(H,17,18). The van der Waals surface area contributed by atoms with Crippen LogP contribution in [-0.4, -0.2) is 12.1 Å². The summed E-state index contributed by atoms with van der Waals surface area (Å²) in [5, 5.41) is 4.72. The van der Waals surface area contributed by atoms with Gasteiger partial charge in [-0.2, -0.15) is 0 Å². The van der Waals surface area contributed by atoms with Crippen molar-refractivity contribution in [3.05, 3.63) is 53.6 Å². The number of fused-ring (bicyclic) bond motifs is 1. The quantitative estimate of drug-likeness (QED) is 0.734. The van der Waals surface area contributed by atoms with Crippen LogP contribution in [0.5, 0.6) is 5.75 Å². The molecule has 0 saturated heterocycles. The lowest BCUT2D eigenvalue weighted by Crippen LogP contribution is -2.00. The van der Waals surface area contributed by atoms with E-state index in [1.54, 1.807) is 19.4 Å². The molecule has 1 N–H and O–H groups in total. The van der Waals surface area contributed by atoms with E-state index in [1.807, 2.05) is 30.3 Å². The van der Waals surface area contributed by atoms with Crippen molar-refractivity contribution < 1.29 is 9.15 Å². The number of methoxy groups -OCH3 is 1. The summed E-state index contributed by atoms with van der Waals surface area (Å²) in [6, 6.07) is 11.3. The molecule has 102 valence electrons. The average molecular weight is 289 g/mol. The molecule has 2 aromatic heterocycles. The van der Waals surface area contributed by atoms with Gasteiger partial charge in [-0.05, 0) is 36.4 Å². The van der Waals surface area contributed by atoms with E-state index in [-0.39, 0.29) is 0 Å². The van der Waals surface area contributed by atoms with Crippen LogP contribution in [-0.2, 0) is 6.54 Å². The Morgan fingerprint density at radius 3 is 2.95 bits per heavy atom. The van der Waals surface area contributed by atoms with Crippen molar-refractivity contribution in [3.8, 4) is 5.75 Å². The highest BCUT2D eigenvalue weighted by Gasteiger charge is 2.07. The minimum Gasteiger partial charge on any atom is -0.497 e. The Bertz CT molecular complexity index is 726. The van der Waals surface area contributed by atoms with Gasteiger partial charge in [-0.1, -0.05) is 11.6 Å². The molecule has 0 spiro atoms. The molecule has 0 atom stereocenters. The fraction of sp³-hybridized carbons (Fsp3) is 0.133. The Hall–Kier alpha value is -2.20. The predicted molar refractivity (Wildman–Crippen MR) is 79.3 cm³/mol. The van der Waals surface area contributed by atoms with Gasteiger partial charge < -0.3 is 14.5 Å². The molecule has 1 aromatic carbocycles. The Morgan fingerprint density at radius 1 is 1.30 bits per heavy atom. The Labute approximate surface area is 121 Å². The SMILES string of the molecule is COc1ccc2nc(Cl)cc(NCc3ccco3)c2c1. The Morgan fingerprint density at radius 2 is 2.20 bits per heavy atom. The molecule has 0 fully saturated rings. The minimum absolute atomic E-state index is 0.449. The van der Waals surface area contributed by atoms with Crippen molar-refractivity contribution in [2.45, 2.75) is 6.54 Å². The third-order valence-corrected chi connectivity index (χ3v) is 3.21. The van der Waals surface area contributed by atoms with Crippen LogP contribution >= 0.6 is 11.6 Å². The number of halogens is 1. The second-order valence-electron chi connectivity index (χ2n) is 4.31. The number of ether oxygens (including phenoxy) is 1. The highest BCUT2D eigenvalue weighted by atomic mass is 35.5. The maximum absolute atomic E-state index is 6.05. The minimum atomic E-state index is 0.449. The van der Waals surface area contributed by atoms with Gasteiger partial charge in [0, 0.05) is 11.1 Å². The summed E-state index contributed by atoms with van der Waals surface area (Å²) in [6.45, 7) is 0.583. The number of nitrogens with one attached hydrogen (secondary N) is 1. The second kappa shape index (κ2) is 5.43. The smallest absolute Gasteiger partial charge is 0.131 e. The van der Waals surface area contributed by atoms with E-state index in [4.69, 9.17) is 20.8 Å². The molecule has 0 saturated carbocycles. The fourth-order valence-corrected chi connectivity index (χ4v) is 2.24. The van der Waals surface area contributed by atoms with E-state index < -0.39 is 0 Å². The average Bonchev–Trinajstić information content (AvgIpc) is 2.97. The van der Waals surface area contributed by atoms with E-state index in [1.165, 1.54) is 0 Å². The second-order valence-corrected chi connectivity index (χ2v) is 4.70. The number of nitrogens with zero attached hydrogens (tertiary/aromatic N) is 1. The summed E-state index contributed by atoms with van der Waals surface area (Å²) in [7, 11) is 1.64. The maximum atomic E-state index is 6.05. The van der Waals surface area contributed by atoms with Gasteiger partial charge in [0.25, 0.3) is 0 Å². The fourth-order valence-electron chi connectivity index (χ4n) is 2.04. The lowest BCUT2D eigenvalue weighted by atomic mass is 10.1. The molecular formula is C15H13ClN2O2. The Balaban J connectivity index is 1.98. The van der Waals surface area contributed by atoms with Crippen molar-refractivity contribution in [1.29, 1.82) is 0 Å². The van der Waals surface area contributed by atoms with E-state index in [9.17, 15) is 0 Å². The number of benzene rings is 1. The number of rotatable bonds is 4. The molecule has 2 heterocycles. The van der Waals surface area contributed by atoms with Crippen LogP contribution in [0.2, 0.25) is 5.15 Å². The number of hydrogen-bond acceptors (Lipinski definition) is 4. The molecule has 0 aliphatic rings. The Kier molecular flexibility index (Phi) is 3.48. The van der Waals surface area contributed by atoms with Gasteiger partial charge in [-0.15, -0.1) is 0 Å². The molecule has 3 rings (SSSR count). The largest absolute Gasteiger partial charge is 0.497 e. The zero-order valence-electron chi connectivity index (χ0n) is 10.9. The van der Waals surface area contributed by atoms with Gasteiger partial charge >= 0.3 is 0 Å². The summed E-state index contributed by atoms with van der Waals surface area (Å²) in [4.78, 5) is 4.30. The number of hydrogen-bond donors (Lipinski definition) is 1. The first-order valence-corrected chi connectivity index (χ1v) is 6.54. The molecule has 0 amide bonds. The van der Waals surface area contributed by atoms with Crippen molar-refractivity contribution in [2.24, 2.45) is 0 Å². The summed E-state index contributed by atoms with van der Waals surface area (Å²) >= 11 is 6.05. The third kappa shape index (κ3) is 2.56. The lowest BCUT2D eigenvalue weighted by molar-refractivity contribution is 0.415. The lowest BCUT2D eigenvalue weighted by Gasteiger charge is -2.10. The van der Waals surface area contributed by atoms with Crippen molar-refractivity contribution in [3.63, 3.8) is 0 Å². The zero-order valence-corrected chi connectivity index (χ0v) is 11.6. The summed E-state index contributed by atoms with van der Waals surface area (Å²) in [5.74, 6) is 1.64. The number of pyridine rings is 1. The van der Waals surface area contributed by atoms with Crippen molar-refractivity contribution in [2.75, 3.05) is 12.4 Å². The van der Waals surface area contributed by atoms with E-state index >= 15 is 0 Å². The van der Waals surface area contributed by atoms with E-state index in [0.717, 1.165) is 28.1 Å². The molecule has 0 aliphatic carbocycles. The number of aromatic nitrogens is 1. The normalized spacial score (nSPS) is 10.7. The molecule has 4 nitrogen and oxygen atoms in total. The number of anilines is 1. The van der Waals surface area contributed by atoms with Crippen LogP contribution in [0, 0.1) is 0 Å². The van der Waals surface area contributed by atoms with Gasteiger partial charge in [0.05, 0.1) is 25.4 Å². The van der Waals surface area contributed by atoms with Crippen molar-refractivity contribution in [1.82, 2.24) is 4.98 Å². The van der Waals surface area contributed by atoms with Crippen LogP contribution in [0.15, 0.2) is 47.1 Å². The molecule has 20 heavy (non-hydrogen) atoms. The first-order valence-electron chi connectivity index (χ1n) is 6.17. The van der Waals surface area contributed by atoms with Crippen LogP contribution < -0.4 is 10.1 Å². The maximum Gasteiger partial charge on any atom is 0.131 e. The van der Waals surface area contributed by atoms with Gasteiger partial charge in [-0.3, -0.25) is 0 Å². The highest BCUT2D eigenvalue weighted by Crippen LogP contribution is 2.29. The van der Waals surface area contributed by atoms with Crippen LogP contribution in [0.3, 0.4) is 0 Å². The summed E-state index contributed by atoms with van der Waals surface area (Å²) < 4.78 is 10.6. The molecule has 5 heteroatoms. The summed E-state index contributed by atoms with van der Waals surface area (Å²) in [5.41, 5.74) is 1.72. The first-order chi connectivity index (χ1) is 9.76. The molecule has 0 unspecified atom stereocenters. The van der Waals surface area contributed by atoms with Crippen LogP contribution in [0.25, 0.3) is 10.9 Å². The predicted octanol–water partition coefficient (Wildman–Crippen LogP) is 4.10. The van der Waals surface area contributed by atoms with Crippen molar-refractivity contribution >= 4 is 28.2 Å². The molecule has 0 radical (unpaired) electrons. The third-order valence-electron chi connectivity index (χ3n) is 3.02. The van der Waals surface area contributed by atoms with Gasteiger partial charge in [0.2, 0.25) is 0 Å². The van der Waals surface area contributed by atoms with Gasteiger partial charge in [0.15, 0.2) is 0 Å².